The van der Waals surface area contributed by atoms with Crippen LogP contribution in [0.25, 0.3) is 0 Å². The number of halogens is 1. The predicted octanol–water partition coefficient (Wildman–Crippen LogP) is 3.21. The van der Waals surface area contributed by atoms with E-state index in [0.29, 0.717) is 12.0 Å². The number of benzene rings is 1. The van der Waals surface area contributed by atoms with E-state index in [9.17, 15) is 0 Å². The largest absolute Gasteiger partial charge is 0.368 e. The number of piperidine rings is 2. The Bertz CT molecular complexity index is 620. The summed E-state index contributed by atoms with van der Waals surface area (Å²) in [5, 5.41) is 7.93. The Labute approximate surface area is 169 Å². The summed E-state index contributed by atoms with van der Waals surface area (Å²) in [4.78, 5) is 9.72. The highest BCUT2D eigenvalue weighted by molar-refractivity contribution is 6.33. The summed E-state index contributed by atoms with van der Waals surface area (Å²) < 4.78 is 0. The van der Waals surface area contributed by atoms with Crippen LogP contribution < -0.4 is 15.5 Å². The number of rotatable bonds is 5. The maximum Gasteiger partial charge on any atom is 0.191 e. The van der Waals surface area contributed by atoms with E-state index in [-0.39, 0.29) is 0 Å². The average molecular weight is 392 g/mol. The Morgan fingerprint density at radius 3 is 2.78 bits per heavy atom. The number of guanidine groups is 1. The highest BCUT2D eigenvalue weighted by Crippen LogP contribution is 2.27. The van der Waals surface area contributed by atoms with E-state index in [1.165, 1.54) is 19.4 Å². The molecule has 2 atom stereocenters. The lowest BCUT2D eigenvalue weighted by Crippen LogP contribution is -2.51. The van der Waals surface area contributed by atoms with Crippen molar-refractivity contribution in [3.8, 4) is 0 Å². The van der Waals surface area contributed by atoms with Gasteiger partial charge in [0, 0.05) is 38.8 Å². The van der Waals surface area contributed by atoms with Gasteiger partial charge in [-0.3, -0.25) is 4.99 Å². The third kappa shape index (κ3) is 6.01. The molecule has 0 amide bonds. The molecule has 0 aliphatic carbocycles. The van der Waals surface area contributed by atoms with Gasteiger partial charge in [-0.15, -0.1) is 0 Å². The third-order valence-corrected chi connectivity index (χ3v) is 5.85. The normalized spacial score (nSPS) is 24.7. The lowest BCUT2D eigenvalue weighted by atomic mass is 9.99. The van der Waals surface area contributed by atoms with E-state index in [2.05, 4.69) is 46.5 Å². The van der Waals surface area contributed by atoms with Gasteiger partial charge in [-0.2, -0.15) is 0 Å². The van der Waals surface area contributed by atoms with Crippen molar-refractivity contribution in [3.05, 3.63) is 29.3 Å². The lowest BCUT2D eigenvalue weighted by Gasteiger charge is -2.36. The van der Waals surface area contributed by atoms with E-state index < -0.39 is 0 Å². The fraction of sp³-hybridized carbons (Fsp3) is 0.667. The summed E-state index contributed by atoms with van der Waals surface area (Å²) >= 11 is 6.41. The van der Waals surface area contributed by atoms with Crippen molar-refractivity contribution >= 4 is 23.2 Å². The number of likely N-dealkylation sites (tertiary alicyclic amines) is 1. The first-order valence-electron chi connectivity index (χ1n) is 10.4. The second-order valence-corrected chi connectivity index (χ2v) is 8.28. The molecule has 0 saturated carbocycles. The van der Waals surface area contributed by atoms with Crippen molar-refractivity contribution in [2.45, 2.75) is 38.6 Å². The second-order valence-electron chi connectivity index (χ2n) is 7.87. The van der Waals surface area contributed by atoms with E-state index in [1.807, 2.05) is 12.1 Å². The van der Waals surface area contributed by atoms with Crippen molar-refractivity contribution in [2.75, 3.05) is 51.2 Å². The van der Waals surface area contributed by atoms with Crippen LogP contribution in [-0.4, -0.2) is 63.2 Å². The van der Waals surface area contributed by atoms with Gasteiger partial charge in [-0.25, -0.2) is 0 Å². The highest BCUT2D eigenvalue weighted by atomic mass is 35.5. The molecule has 6 heteroatoms. The zero-order valence-electron chi connectivity index (χ0n) is 16.8. The molecule has 5 nitrogen and oxygen atoms in total. The lowest BCUT2D eigenvalue weighted by molar-refractivity contribution is 0.214. The van der Waals surface area contributed by atoms with Gasteiger partial charge in [-0.1, -0.05) is 23.7 Å². The molecule has 3 rings (SSSR count). The van der Waals surface area contributed by atoms with Crippen molar-refractivity contribution in [3.63, 3.8) is 0 Å². The smallest absolute Gasteiger partial charge is 0.191 e. The Hall–Kier alpha value is -1.46. The molecule has 2 saturated heterocycles. The molecule has 2 fully saturated rings. The minimum absolute atomic E-state index is 0.391. The highest BCUT2D eigenvalue weighted by Gasteiger charge is 2.22. The molecule has 2 aliphatic rings. The zero-order chi connectivity index (χ0) is 19.1. The van der Waals surface area contributed by atoms with Crippen molar-refractivity contribution in [1.82, 2.24) is 15.5 Å². The number of hydrogen-bond acceptors (Lipinski definition) is 3. The summed E-state index contributed by atoms with van der Waals surface area (Å²) in [7, 11) is 2.21. The van der Waals surface area contributed by atoms with Crippen LogP contribution in [0.1, 0.15) is 32.6 Å². The van der Waals surface area contributed by atoms with Crippen molar-refractivity contribution in [1.29, 1.82) is 0 Å². The Kier molecular flexibility index (Phi) is 7.65. The molecular weight excluding hydrogens is 358 g/mol. The van der Waals surface area contributed by atoms with Crippen LogP contribution in [0.2, 0.25) is 5.02 Å². The molecule has 1 aromatic rings. The molecule has 2 heterocycles. The van der Waals surface area contributed by atoms with E-state index in [0.717, 1.165) is 62.2 Å². The number of aliphatic imine (C=N–C) groups is 1. The Balaban J connectivity index is 1.58. The summed E-state index contributed by atoms with van der Waals surface area (Å²) in [6.45, 7) is 8.32. The molecule has 2 aliphatic heterocycles. The van der Waals surface area contributed by atoms with Gasteiger partial charge in [0.25, 0.3) is 0 Å². The van der Waals surface area contributed by atoms with Crippen LogP contribution in [0, 0.1) is 5.92 Å². The molecule has 2 N–H and O–H groups in total. The topological polar surface area (TPSA) is 42.9 Å². The van der Waals surface area contributed by atoms with Crippen molar-refractivity contribution in [2.24, 2.45) is 10.9 Å². The Morgan fingerprint density at radius 2 is 2.00 bits per heavy atom. The molecule has 0 bridgehead atoms. The molecule has 27 heavy (non-hydrogen) atoms. The standard InChI is InChI=1S/C21H34ClN5/c1-3-23-21(24-14-17-8-6-12-26(2)15-17)25-18-9-7-13-27(16-18)20-11-5-4-10-19(20)22/h4-5,10-11,17-18H,3,6-9,12-16H2,1-2H3,(H2,23,24,25). The van der Waals surface area contributed by atoms with Crippen LogP contribution in [0.5, 0.6) is 0 Å². The maximum absolute atomic E-state index is 6.41. The maximum atomic E-state index is 6.41. The minimum atomic E-state index is 0.391. The van der Waals surface area contributed by atoms with Gasteiger partial charge in [-0.05, 0) is 64.3 Å². The second kappa shape index (κ2) is 10.2. The van der Waals surface area contributed by atoms with E-state index >= 15 is 0 Å². The third-order valence-electron chi connectivity index (χ3n) is 5.53. The first-order valence-corrected chi connectivity index (χ1v) is 10.8. The predicted molar refractivity (Wildman–Crippen MR) is 116 cm³/mol. The SMILES string of the molecule is CCNC(=NCC1CCCN(C)C1)NC1CCCN(c2ccccc2Cl)C1. The molecule has 2 unspecified atom stereocenters. The Morgan fingerprint density at radius 1 is 1.19 bits per heavy atom. The summed E-state index contributed by atoms with van der Waals surface area (Å²) in [6, 6.07) is 8.53. The van der Waals surface area contributed by atoms with Gasteiger partial charge < -0.3 is 20.4 Å². The summed E-state index contributed by atoms with van der Waals surface area (Å²) in [6.07, 6.45) is 4.90. The number of para-hydroxylation sites is 1. The van der Waals surface area contributed by atoms with Gasteiger partial charge in [0.1, 0.15) is 0 Å². The van der Waals surface area contributed by atoms with Crippen LogP contribution in [0.4, 0.5) is 5.69 Å². The molecule has 0 spiro atoms. The fourth-order valence-corrected chi connectivity index (χ4v) is 4.43. The summed E-state index contributed by atoms with van der Waals surface area (Å²) in [5.41, 5.74) is 1.14. The molecule has 0 aromatic heterocycles. The molecule has 1 aromatic carbocycles. The summed E-state index contributed by atoms with van der Waals surface area (Å²) in [5.74, 6) is 1.63. The average Bonchev–Trinajstić information content (AvgIpc) is 2.67. The quantitative estimate of drug-likeness (QED) is 0.597. The van der Waals surface area contributed by atoms with Gasteiger partial charge in [0.05, 0.1) is 10.7 Å². The van der Waals surface area contributed by atoms with E-state index in [4.69, 9.17) is 16.6 Å². The number of nitrogens with zero attached hydrogens (tertiary/aromatic N) is 3. The van der Waals surface area contributed by atoms with Gasteiger partial charge in [0.2, 0.25) is 0 Å². The zero-order valence-corrected chi connectivity index (χ0v) is 17.5. The minimum Gasteiger partial charge on any atom is -0.368 e. The van der Waals surface area contributed by atoms with Crippen LogP contribution in [0.3, 0.4) is 0 Å². The van der Waals surface area contributed by atoms with Crippen LogP contribution >= 0.6 is 11.6 Å². The fourth-order valence-electron chi connectivity index (χ4n) is 4.18. The number of anilines is 1. The first-order chi connectivity index (χ1) is 13.2. The molecular formula is C21H34ClN5. The van der Waals surface area contributed by atoms with Gasteiger partial charge >= 0.3 is 0 Å². The first kappa shape index (κ1) is 20.3. The number of nitrogens with one attached hydrogen (secondary N) is 2. The van der Waals surface area contributed by atoms with E-state index in [1.54, 1.807) is 0 Å². The van der Waals surface area contributed by atoms with Crippen LogP contribution in [0.15, 0.2) is 29.3 Å². The van der Waals surface area contributed by atoms with Gasteiger partial charge in [0.15, 0.2) is 5.96 Å². The monoisotopic (exact) mass is 391 g/mol. The van der Waals surface area contributed by atoms with Crippen molar-refractivity contribution < 1.29 is 0 Å². The molecule has 0 radical (unpaired) electrons. The number of hydrogen-bond donors (Lipinski definition) is 2. The molecule has 150 valence electrons. The van der Waals surface area contributed by atoms with Crippen LogP contribution in [-0.2, 0) is 0 Å².